The lowest BCUT2D eigenvalue weighted by Gasteiger charge is -2.27. The summed E-state index contributed by atoms with van der Waals surface area (Å²) in [5.41, 5.74) is 12.4. The summed E-state index contributed by atoms with van der Waals surface area (Å²) in [6, 6.07) is 2.84. The van der Waals surface area contributed by atoms with Crippen LogP contribution in [-0.2, 0) is 30.4 Å². The minimum Gasteiger partial charge on any atom is -0.480 e. The number of amides is 4. The zero-order valence-corrected chi connectivity index (χ0v) is 22.1. The van der Waals surface area contributed by atoms with Crippen LogP contribution in [0, 0.1) is 11.8 Å². The zero-order chi connectivity index (χ0) is 28.6. The number of carboxylic acid groups (broad SMARTS) is 1. The monoisotopic (exact) mass is 530 g/mol. The second-order valence-corrected chi connectivity index (χ2v) is 10.2. The van der Waals surface area contributed by atoms with E-state index in [-0.39, 0.29) is 18.8 Å². The highest BCUT2D eigenvalue weighted by Gasteiger charge is 2.32. The highest BCUT2D eigenvalue weighted by Crippen LogP contribution is 2.19. The van der Waals surface area contributed by atoms with E-state index in [1.807, 2.05) is 38.1 Å². The van der Waals surface area contributed by atoms with Crippen LogP contribution in [0.3, 0.4) is 0 Å². The molecule has 2 aromatic rings. The lowest BCUT2D eigenvalue weighted by Crippen LogP contribution is -2.59. The number of nitrogens with two attached hydrogens (primary N) is 2. The molecular formula is C26H38N6O6. The van der Waals surface area contributed by atoms with E-state index < -0.39 is 66.1 Å². The first-order chi connectivity index (χ1) is 17.8. The molecule has 0 bridgehead atoms. The molecule has 208 valence electrons. The first kappa shape index (κ1) is 30.3. The van der Waals surface area contributed by atoms with Crippen LogP contribution in [0.2, 0.25) is 0 Å². The number of aromatic amines is 1. The van der Waals surface area contributed by atoms with Gasteiger partial charge in [0.25, 0.3) is 0 Å². The molecule has 0 saturated heterocycles. The second-order valence-electron chi connectivity index (χ2n) is 10.2. The fraction of sp³-hybridized carbons (Fsp3) is 0.500. The maximum absolute atomic E-state index is 13.3. The Hall–Kier alpha value is -3.93. The molecule has 38 heavy (non-hydrogen) atoms. The average molecular weight is 531 g/mol. The largest absolute Gasteiger partial charge is 0.480 e. The van der Waals surface area contributed by atoms with Gasteiger partial charge < -0.3 is 37.5 Å². The summed E-state index contributed by atoms with van der Waals surface area (Å²) in [4.78, 5) is 65.1. The molecule has 4 unspecified atom stereocenters. The predicted octanol–water partition coefficient (Wildman–Crippen LogP) is 0.154. The minimum absolute atomic E-state index is 0.00297. The summed E-state index contributed by atoms with van der Waals surface area (Å²) < 4.78 is 0. The zero-order valence-electron chi connectivity index (χ0n) is 22.1. The van der Waals surface area contributed by atoms with Gasteiger partial charge in [-0.05, 0) is 29.9 Å². The molecule has 1 aromatic heterocycles. The fourth-order valence-corrected chi connectivity index (χ4v) is 4.06. The number of fused-ring (bicyclic) bond motifs is 1. The summed E-state index contributed by atoms with van der Waals surface area (Å²) in [6.07, 6.45) is 1.60. The van der Waals surface area contributed by atoms with E-state index in [1.165, 1.54) is 0 Å². The van der Waals surface area contributed by atoms with Crippen molar-refractivity contribution in [2.75, 3.05) is 0 Å². The van der Waals surface area contributed by atoms with Gasteiger partial charge in [0.15, 0.2) is 0 Å². The topological polar surface area (TPSA) is 210 Å². The van der Waals surface area contributed by atoms with Gasteiger partial charge in [0.2, 0.25) is 23.6 Å². The van der Waals surface area contributed by atoms with E-state index in [2.05, 4.69) is 20.9 Å². The molecule has 12 nitrogen and oxygen atoms in total. The van der Waals surface area contributed by atoms with Crippen LogP contribution in [0.15, 0.2) is 30.5 Å². The number of primary amides is 1. The molecular weight excluding hydrogens is 492 g/mol. The van der Waals surface area contributed by atoms with Gasteiger partial charge in [-0.3, -0.25) is 19.2 Å². The maximum atomic E-state index is 13.3. The first-order valence-electron chi connectivity index (χ1n) is 12.5. The summed E-state index contributed by atoms with van der Waals surface area (Å²) >= 11 is 0. The number of rotatable bonds is 14. The number of carbonyl (C=O) groups excluding carboxylic acids is 4. The summed E-state index contributed by atoms with van der Waals surface area (Å²) in [6.45, 7) is 7.07. The lowest BCUT2D eigenvalue weighted by atomic mass is 9.99. The Morgan fingerprint density at radius 3 is 2.13 bits per heavy atom. The van der Waals surface area contributed by atoms with E-state index in [0.717, 1.165) is 16.5 Å². The number of carboxylic acids is 1. The van der Waals surface area contributed by atoms with Crippen molar-refractivity contribution in [1.29, 1.82) is 0 Å². The third kappa shape index (κ3) is 8.58. The summed E-state index contributed by atoms with van der Waals surface area (Å²) in [7, 11) is 0. The number of para-hydroxylation sites is 1. The van der Waals surface area contributed by atoms with E-state index in [1.54, 1.807) is 20.0 Å². The Balaban J connectivity index is 2.31. The molecule has 0 radical (unpaired) electrons. The standard InChI is InChI=1S/C26H38N6O6/c1-13(2)9-20(26(37)38)31-24(35)19(10-15-12-29-18-8-6-5-7-16(15)18)30-25(36)22(14(3)4)32-23(34)17(27)11-21(28)33/h5-8,12-14,17,19-20,22,29H,9-11,27H2,1-4H3,(H2,28,33)(H,30,36)(H,31,35)(H,32,34)(H,37,38). The molecule has 0 aliphatic carbocycles. The van der Waals surface area contributed by atoms with E-state index >= 15 is 0 Å². The van der Waals surface area contributed by atoms with Crippen molar-refractivity contribution in [1.82, 2.24) is 20.9 Å². The van der Waals surface area contributed by atoms with Gasteiger partial charge in [0, 0.05) is 23.5 Å². The van der Waals surface area contributed by atoms with Crippen LogP contribution in [0.25, 0.3) is 10.9 Å². The van der Waals surface area contributed by atoms with E-state index in [4.69, 9.17) is 11.5 Å². The molecule has 4 atom stereocenters. The third-order valence-electron chi connectivity index (χ3n) is 6.06. The molecule has 9 N–H and O–H groups in total. The van der Waals surface area contributed by atoms with Crippen molar-refractivity contribution >= 4 is 40.5 Å². The molecule has 1 aromatic carbocycles. The van der Waals surface area contributed by atoms with Crippen LogP contribution in [0.4, 0.5) is 0 Å². The summed E-state index contributed by atoms with van der Waals surface area (Å²) in [5.74, 6) is -4.40. The normalized spacial score (nSPS) is 14.5. The minimum atomic E-state index is -1.24. The number of hydrogen-bond donors (Lipinski definition) is 7. The smallest absolute Gasteiger partial charge is 0.326 e. The molecule has 1 heterocycles. The SMILES string of the molecule is CC(C)CC(NC(=O)C(Cc1c[nH]c2ccccc12)NC(=O)C(NC(=O)C(N)CC(N)=O)C(C)C)C(=O)O. The number of aliphatic carboxylic acids is 1. The van der Waals surface area contributed by atoms with E-state index in [9.17, 15) is 29.1 Å². The fourth-order valence-electron chi connectivity index (χ4n) is 4.06. The molecule has 4 amide bonds. The Morgan fingerprint density at radius 2 is 1.55 bits per heavy atom. The predicted molar refractivity (Wildman–Crippen MR) is 142 cm³/mol. The Morgan fingerprint density at radius 1 is 0.921 bits per heavy atom. The molecule has 2 rings (SSSR count). The van der Waals surface area contributed by atoms with Crippen molar-refractivity contribution in [3.63, 3.8) is 0 Å². The van der Waals surface area contributed by atoms with Crippen LogP contribution in [-0.4, -0.2) is 63.9 Å². The van der Waals surface area contributed by atoms with Gasteiger partial charge in [-0.25, -0.2) is 4.79 Å². The van der Waals surface area contributed by atoms with Gasteiger partial charge in [-0.1, -0.05) is 45.9 Å². The Kier molecular flexibility index (Phi) is 10.8. The van der Waals surface area contributed by atoms with Gasteiger partial charge in [-0.15, -0.1) is 0 Å². The van der Waals surface area contributed by atoms with Gasteiger partial charge in [0.05, 0.1) is 12.5 Å². The van der Waals surface area contributed by atoms with Crippen LogP contribution in [0.5, 0.6) is 0 Å². The third-order valence-corrected chi connectivity index (χ3v) is 6.06. The van der Waals surface area contributed by atoms with Gasteiger partial charge >= 0.3 is 5.97 Å². The van der Waals surface area contributed by atoms with Crippen LogP contribution >= 0.6 is 0 Å². The van der Waals surface area contributed by atoms with Crippen molar-refractivity contribution in [2.45, 2.75) is 71.1 Å². The molecule has 0 fully saturated rings. The molecule has 0 aliphatic rings. The van der Waals surface area contributed by atoms with Crippen molar-refractivity contribution in [3.05, 3.63) is 36.0 Å². The molecule has 12 heteroatoms. The van der Waals surface area contributed by atoms with Crippen LogP contribution in [0.1, 0.15) is 46.1 Å². The van der Waals surface area contributed by atoms with E-state index in [0.29, 0.717) is 0 Å². The average Bonchev–Trinajstić information content (AvgIpc) is 3.23. The second kappa shape index (κ2) is 13.6. The van der Waals surface area contributed by atoms with Gasteiger partial charge in [-0.2, -0.15) is 0 Å². The number of carbonyl (C=O) groups is 5. The maximum Gasteiger partial charge on any atom is 0.326 e. The highest BCUT2D eigenvalue weighted by molar-refractivity contribution is 5.95. The van der Waals surface area contributed by atoms with Crippen molar-refractivity contribution < 1.29 is 29.1 Å². The number of H-pyrrole nitrogens is 1. The van der Waals surface area contributed by atoms with Crippen LogP contribution < -0.4 is 27.4 Å². The quantitative estimate of drug-likeness (QED) is 0.180. The number of nitrogens with one attached hydrogen (secondary N) is 4. The first-order valence-corrected chi connectivity index (χ1v) is 12.5. The highest BCUT2D eigenvalue weighted by atomic mass is 16.4. The molecule has 0 aliphatic heterocycles. The Bertz CT molecular complexity index is 1160. The number of benzene rings is 1. The van der Waals surface area contributed by atoms with Crippen molar-refractivity contribution in [3.8, 4) is 0 Å². The number of aromatic nitrogens is 1. The molecule has 0 spiro atoms. The number of hydrogen-bond acceptors (Lipinski definition) is 6. The summed E-state index contributed by atoms with van der Waals surface area (Å²) in [5, 5.41) is 18.2. The lowest BCUT2D eigenvalue weighted by molar-refractivity contribution is -0.142. The van der Waals surface area contributed by atoms with Gasteiger partial charge in [0.1, 0.15) is 18.1 Å². The van der Waals surface area contributed by atoms with Crippen molar-refractivity contribution in [2.24, 2.45) is 23.3 Å². The molecule has 0 saturated carbocycles. The Labute approximate surface area is 221 Å².